The van der Waals surface area contributed by atoms with Crippen LogP contribution >= 0.6 is 23.2 Å². The number of amides is 1. The van der Waals surface area contributed by atoms with Crippen LogP contribution in [0.4, 0.5) is 11.5 Å². The molecule has 0 bridgehead atoms. The monoisotopic (exact) mass is 477 g/mol. The Hall–Kier alpha value is -3.63. The molecular weight excluding hydrogens is 461 g/mol. The first kappa shape index (κ1) is 23.0. The average Bonchev–Trinajstić information content (AvgIpc) is 2.77. The predicted molar refractivity (Wildman–Crippen MR) is 118 cm³/mol. The number of benzene rings is 2. The van der Waals surface area contributed by atoms with Crippen LogP contribution in [0.25, 0.3) is 0 Å². The van der Waals surface area contributed by atoms with Crippen LogP contribution in [0.1, 0.15) is 12.5 Å². The fourth-order valence-corrected chi connectivity index (χ4v) is 2.96. The minimum Gasteiger partial charge on any atom is -0.482 e. The second-order valence-electron chi connectivity index (χ2n) is 6.27. The average molecular weight is 478 g/mol. The van der Waals surface area contributed by atoms with Gasteiger partial charge in [-0.05, 0) is 42.3 Å². The number of hydrogen-bond donors (Lipinski definition) is 2. The lowest BCUT2D eigenvalue weighted by atomic mass is 10.2. The lowest BCUT2D eigenvalue weighted by Crippen LogP contribution is -2.34. The van der Waals surface area contributed by atoms with Crippen LogP contribution < -0.4 is 20.3 Å². The van der Waals surface area contributed by atoms with E-state index in [2.05, 4.69) is 20.8 Å². The van der Waals surface area contributed by atoms with Crippen molar-refractivity contribution < 1.29 is 19.2 Å². The van der Waals surface area contributed by atoms with Crippen molar-refractivity contribution in [1.82, 2.24) is 15.4 Å². The third-order valence-electron chi connectivity index (χ3n) is 4.09. The van der Waals surface area contributed by atoms with Crippen molar-refractivity contribution in [3.63, 3.8) is 0 Å². The Morgan fingerprint density at radius 1 is 1.16 bits per heavy atom. The Morgan fingerprint density at radius 2 is 1.91 bits per heavy atom. The summed E-state index contributed by atoms with van der Waals surface area (Å²) in [5.74, 6) is -0.559. The number of aromatic nitrogens is 2. The first-order valence-corrected chi connectivity index (χ1v) is 10.0. The molecule has 0 atom stereocenters. The number of aryl methyl sites for hydroxylation is 1. The maximum absolute atomic E-state index is 12.1. The molecule has 2 N–H and O–H groups in total. The lowest BCUT2D eigenvalue weighted by Gasteiger charge is -2.11. The van der Waals surface area contributed by atoms with Crippen LogP contribution in [0.15, 0.2) is 48.8 Å². The summed E-state index contributed by atoms with van der Waals surface area (Å²) >= 11 is 11.8. The molecule has 0 saturated heterocycles. The maximum Gasteiger partial charge on any atom is 0.374 e. The van der Waals surface area contributed by atoms with Gasteiger partial charge in [-0.1, -0.05) is 42.3 Å². The number of halogens is 2. The zero-order valence-electron chi connectivity index (χ0n) is 16.7. The van der Waals surface area contributed by atoms with Crippen LogP contribution in [0.2, 0.25) is 10.0 Å². The number of nitro groups is 1. The van der Waals surface area contributed by atoms with E-state index in [9.17, 15) is 14.9 Å². The number of anilines is 1. The van der Waals surface area contributed by atoms with Crippen molar-refractivity contribution in [2.45, 2.75) is 13.3 Å². The van der Waals surface area contributed by atoms with E-state index < -0.39 is 23.1 Å². The van der Waals surface area contributed by atoms with Gasteiger partial charge in [0.1, 0.15) is 17.8 Å². The third kappa shape index (κ3) is 5.96. The second kappa shape index (κ2) is 10.6. The molecule has 0 aliphatic heterocycles. The summed E-state index contributed by atoms with van der Waals surface area (Å²) in [5.41, 5.74) is 5.20. The number of carbonyl (C=O) groups excluding carboxylic acids is 1. The summed E-state index contributed by atoms with van der Waals surface area (Å²) in [4.78, 5) is 30.6. The molecule has 12 heteroatoms. The van der Waals surface area contributed by atoms with Gasteiger partial charge in [0.15, 0.2) is 6.61 Å². The minimum atomic E-state index is -0.714. The van der Waals surface area contributed by atoms with Crippen molar-refractivity contribution in [1.29, 1.82) is 0 Å². The van der Waals surface area contributed by atoms with Gasteiger partial charge in [-0.2, -0.15) is 4.98 Å². The van der Waals surface area contributed by atoms with Crippen LogP contribution in [-0.4, -0.2) is 27.4 Å². The van der Waals surface area contributed by atoms with Gasteiger partial charge in [0, 0.05) is 5.02 Å². The minimum absolute atomic E-state index is 0.235. The molecule has 1 heterocycles. The molecule has 0 aliphatic carbocycles. The Kier molecular flexibility index (Phi) is 7.63. The molecule has 1 amide bonds. The fourth-order valence-electron chi connectivity index (χ4n) is 2.50. The Balaban J connectivity index is 1.67. The highest BCUT2D eigenvalue weighted by atomic mass is 35.5. The largest absolute Gasteiger partial charge is 0.482 e. The van der Waals surface area contributed by atoms with E-state index in [1.165, 1.54) is 12.1 Å². The summed E-state index contributed by atoms with van der Waals surface area (Å²) in [6, 6.07) is 11.6. The van der Waals surface area contributed by atoms with E-state index in [1.807, 2.05) is 19.1 Å². The highest BCUT2D eigenvalue weighted by Crippen LogP contribution is 2.33. The molecule has 32 heavy (non-hydrogen) atoms. The third-order valence-corrected chi connectivity index (χ3v) is 4.62. The topological polar surface area (TPSA) is 129 Å². The molecular formula is C20H17Cl2N5O5. The highest BCUT2D eigenvalue weighted by Gasteiger charge is 2.25. The number of hydrazine groups is 1. The number of ether oxygens (including phenoxy) is 2. The number of nitrogens with one attached hydrogen (secondary N) is 2. The van der Waals surface area contributed by atoms with Gasteiger partial charge in [-0.15, -0.1) is 0 Å². The van der Waals surface area contributed by atoms with Crippen LogP contribution in [0, 0.1) is 10.1 Å². The van der Waals surface area contributed by atoms with E-state index in [0.717, 1.165) is 18.3 Å². The summed E-state index contributed by atoms with van der Waals surface area (Å²) < 4.78 is 10.9. The Bertz CT molecular complexity index is 1130. The Labute approximate surface area is 192 Å². The number of nitrogens with zero attached hydrogens (tertiary/aromatic N) is 3. The zero-order valence-corrected chi connectivity index (χ0v) is 18.2. The fraction of sp³-hybridized carbons (Fsp3) is 0.150. The molecule has 3 aromatic rings. The van der Waals surface area contributed by atoms with E-state index in [0.29, 0.717) is 10.8 Å². The van der Waals surface area contributed by atoms with Crippen LogP contribution in [-0.2, 0) is 11.2 Å². The number of hydrogen-bond acceptors (Lipinski definition) is 8. The summed E-state index contributed by atoms with van der Waals surface area (Å²) in [5, 5.41) is 12.3. The van der Waals surface area contributed by atoms with Crippen molar-refractivity contribution in [3.05, 3.63) is 74.5 Å². The molecule has 3 rings (SSSR count). The molecule has 0 unspecified atom stereocenters. The standard InChI is InChI=1S/C20H17Cl2N5O5/c1-2-12-3-6-14(7-4-12)32-20-18(27(29)30)19(23-11-24-20)26-25-17(28)10-31-16-8-5-13(21)9-15(16)22/h3-9,11H,2,10H2,1H3,(H,25,28)(H,23,24,26). The molecule has 2 aromatic carbocycles. The van der Waals surface area contributed by atoms with Crippen molar-refractivity contribution in [3.8, 4) is 17.4 Å². The van der Waals surface area contributed by atoms with Gasteiger partial charge in [0.05, 0.1) is 9.95 Å². The van der Waals surface area contributed by atoms with Gasteiger partial charge in [-0.3, -0.25) is 25.8 Å². The Morgan fingerprint density at radius 3 is 2.56 bits per heavy atom. The normalized spacial score (nSPS) is 10.3. The first-order chi connectivity index (χ1) is 15.4. The summed E-state index contributed by atoms with van der Waals surface area (Å²) in [6.07, 6.45) is 1.91. The molecule has 166 valence electrons. The van der Waals surface area contributed by atoms with E-state index in [1.54, 1.807) is 18.2 Å². The maximum atomic E-state index is 12.1. The molecule has 10 nitrogen and oxygen atoms in total. The smallest absolute Gasteiger partial charge is 0.374 e. The highest BCUT2D eigenvalue weighted by molar-refractivity contribution is 6.35. The molecule has 0 fully saturated rings. The van der Waals surface area contributed by atoms with Gasteiger partial charge >= 0.3 is 11.6 Å². The van der Waals surface area contributed by atoms with Crippen molar-refractivity contribution in [2.24, 2.45) is 0 Å². The van der Waals surface area contributed by atoms with Gasteiger partial charge in [0.2, 0.25) is 5.82 Å². The van der Waals surface area contributed by atoms with Gasteiger partial charge < -0.3 is 9.47 Å². The number of carbonyl (C=O) groups is 1. The molecule has 0 spiro atoms. The van der Waals surface area contributed by atoms with Crippen LogP contribution in [0.3, 0.4) is 0 Å². The quantitative estimate of drug-likeness (QED) is 0.338. The SMILES string of the molecule is CCc1ccc(Oc2ncnc(NNC(=O)COc3ccc(Cl)cc3Cl)c2[N+](=O)[O-])cc1. The molecule has 0 aliphatic rings. The zero-order chi connectivity index (χ0) is 23.1. The molecule has 0 saturated carbocycles. The number of rotatable bonds is 9. The van der Waals surface area contributed by atoms with Crippen molar-refractivity contribution in [2.75, 3.05) is 12.0 Å². The summed E-state index contributed by atoms with van der Waals surface area (Å²) in [7, 11) is 0. The molecule has 1 aromatic heterocycles. The van der Waals surface area contributed by atoms with Gasteiger partial charge in [-0.25, -0.2) is 4.98 Å². The van der Waals surface area contributed by atoms with E-state index >= 15 is 0 Å². The van der Waals surface area contributed by atoms with Gasteiger partial charge in [0.25, 0.3) is 5.91 Å². The second-order valence-corrected chi connectivity index (χ2v) is 7.11. The molecule has 0 radical (unpaired) electrons. The predicted octanol–water partition coefficient (Wildman–Crippen LogP) is 4.57. The lowest BCUT2D eigenvalue weighted by molar-refractivity contribution is -0.385. The van der Waals surface area contributed by atoms with Crippen molar-refractivity contribution >= 4 is 40.6 Å². The van der Waals surface area contributed by atoms with Crippen LogP contribution in [0.5, 0.6) is 17.4 Å². The first-order valence-electron chi connectivity index (χ1n) is 9.26. The summed E-state index contributed by atoms with van der Waals surface area (Å²) in [6.45, 7) is 1.59. The van der Waals surface area contributed by atoms with E-state index in [-0.39, 0.29) is 22.5 Å². The van der Waals surface area contributed by atoms with E-state index in [4.69, 9.17) is 32.7 Å².